The van der Waals surface area contributed by atoms with Crippen molar-refractivity contribution in [2.24, 2.45) is 0 Å². The maximum atomic E-state index is 4.36. The molecule has 1 heteroatoms. The van der Waals surface area contributed by atoms with Gasteiger partial charge in [-0.25, -0.2) is 0 Å². The number of thiol groups is 1. The van der Waals surface area contributed by atoms with Crippen molar-refractivity contribution in [3.8, 4) is 0 Å². The lowest BCUT2D eigenvalue weighted by atomic mass is 10.1. The van der Waals surface area contributed by atoms with Gasteiger partial charge < -0.3 is 0 Å². The van der Waals surface area contributed by atoms with Crippen LogP contribution in [-0.2, 0) is 12.8 Å². The SMILES string of the molecule is CCc1ccc(S)c(CC)c1. The molecule has 0 atom stereocenters. The summed E-state index contributed by atoms with van der Waals surface area (Å²) in [5.41, 5.74) is 2.76. The number of hydrogen-bond acceptors (Lipinski definition) is 1. The standard InChI is InChI=1S/C10H14S/c1-3-8-5-6-10(11)9(4-2)7-8/h5-7,11H,3-4H2,1-2H3. The Hall–Kier alpha value is -0.430. The lowest BCUT2D eigenvalue weighted by molar-refractivity contribution is 1.05. The molecule has 0 fully saturated rings. The van der Waals surface area contributed by atoms with Crippen LogP contribution < -0.4 is 0 Å². The molecule has 0 nitrogen and oxygen atoms in total. The molecule has 60 valence electrons. The lowest BCUT2D eigenvalue weighted by Crippen LogP contribution is -1.86. The second-order valence-electron chi connectivity index (χ2n) is 2.67. The monoisotopic (exact) mass is 166 g/mol. The topological polar surface area (TPSA) is 0 Å². The molecule has 0 aliphatic carbocycles. The first-order valence-electron chi connectivity index (χ1n) is 4.08. The van der Waals surface area contributed by atoms with Crippen LogP contribution in [0, 0.1) is 0 Å². The molecule has 0 saturated carbocycles. The van der Waals surface area contributed by atoms with Crippen LogP contribution in [0.2, 0.25) is 0 Å². The molecule has 0 saturated heterocycles. The minimum atomic E-state index is 1.08. The van der Waals surface area contributed by atoms with Gasteiger partial charge in [0.2, 0.25) is 0 Å². The molecule has 1 aromatic carbocycles. The van der Waals surface area contributed by atoms with E-state index in [4.69, 9.17) is 0 Å². The van der Waals surface area contributed by atoms with Gasteiger partial charge in [-0.15, -0.1) is 12.6 Å². The van der Waals surface area contributed by atoms with Crippen molar-refractivity contribution in [2.45, 2.75) is 31.6 Å². The molecule has 0 bridgehead atoms. The van der Waals surface area contributed by atoms with Crippen molar-refractivity contribution < 1.29 is 0 Å². The summed E-state index contributed by atoms with van der Waals surface area (Å²) in [4.78, 5) is 1.12. The Kier molecular flexibility index (Phi) is 3.01. The summed E-state index contributed by atoms with van der Waals surface area (Å²) in [6.07, 6.45) is 2.19. The normalized spacial score (nSPS) is 10.1. The third-order valence-corrected chi connectivity index (χ3v) is 2.37. The highest BCUT2D eigenvalue weighted by Crippen LogP contribution is 2.16. The average molecular weight is 166 g/mol. The van der Waals surface area contributed by atoms with Crippen LogP contribution >= 0.6 is 12.6 Å². The first kappa shape index (κ1) is 8.66. The van der Waals surface area contributed by atoms with E-state index in [1.165, 1.54) is 11.1 Å². The van der Waals surface area contributed by atoms with E-state index >= 15 is 0 Å². The fraction of sp³-hybridized carbons (Fsp3) is 0.400. The van der Waals surface area contributed by atoms with Crippen LogP contribution in [0.3, 0.4) is 0 Å². The summed E-state index contributed by atoms with van der Waals surface area (Å²) < 4.78 is 0. The van der Waals surface area contributed by atoms with E-state index in [2.05, 4.69) is 44.7 Å². The van der Waals surface area contributed by atoms with Crippen molar-refractivity contribution in [3.63, 3.8) is 0 Å². The van der Waals surface area contributed by atoms with Gasteiger partial charge in [-0.2, -0.15) is 0 Å². The first-order valence-corrected chi connectivity index (χ1v) is 4.53. The summed E-state index contributed by atoms with van der Waals surface area (Å²) in [5.74, 6) is 0. The Morgan fingerprint density at radius 2 is 1.91 bits per heavy atom. The lowest BCUT2D eigenvalue weighted by Gasteiger charge is -2.03. The highest BCUT2D eigenvalue weighted by Gasteiger charge is 1.96. The second-order valence-corrected chi connectivity index (χ2v) is 3.15. The maximum absolute atomic E-state index is 4.36. The number of rotatable bonds is 2. The van der Waals surface area contributed by atoms with E-state index in [1.54, 1.807) is 0 Å². The summed E-state index contributed by atoms with van der Waals surface area (Å²) in [7, 11) is 0. The van der Waals surface area contributed by atoms with E-state index in [1.807, 2.05) is 0 Å². The van der Waals surface area contributed by atoms with Gasteiger partial charge in [-0.05, 0) is 30.0 Å². The fourth-order valence-electron chi connectivity index (χ4n) is 1.14. The van der Waals surface area contributed by atoms with Crippen molar-refractivity contribution >= 4 is 12.6 Å². The molecular weight excluding hydrogens is 152 g/mol. The smallest absolute Gasteiger partial charge is 0.00721 e. The van der Waals surface area contributed by atoms with Crippen LogP contribution in [0.4, 0.5) is 0 Å². The highest BCUT2D eigenvalue weighted by molar-refractivity contribution is 7.80. The van der Waals surface area contributed by atoms with Crippen molar-refractivity contribution in [1.29, 1.82) is 0 Å². The van der Waals surface area contributed by atoms with Gasteiger partial charge in [-0.1, -0.05) is 26.0 Å². The Morgan fingerprint density at radius 1 is 1.18 bits per heavy atom. The first-order chi connectivity index (χ1) is 5.27. The summed E-state index contributed by atoms with van der Waals surface area (Å²) in [6.45, 7) is 4.33. The molecule has 0 N–H and O–H groups in total. The highest BCUT2D eigenvalue weighted by atomic mass is 32.1. The summed E-state index contributed by atoms with van der Waals surface area (Å²) >= 11 is 4.36. The molecule has 11 heavy (non-hydrogen) atoms. The van der Waals surface area contributed by atoms with E-state index in [0.717, 1.165) is 17.7 Å². The van der Waals surface area contributed by atoms with E-state index in [-0.39, 0.29) is 0 Å². The summed E-state index contributed by atoms with van der Waals surface area (Å²) in [5, 5.41) is 0. The molecule has 0 aliphatic rings. The quantitative estimate of drug-likeness (QED) is 0.641. The van der Waals surface area contributed by atoms with Crippen LogP contribution in [0.25, 0.3) is 0 Å². The Balaban J connectivity index is 3.02. The average Bonchev–Trinajstić information content (AvgIpc) is 2.05. The second kappa shape index (κ2) is 3.82. The Morgan fingerprint density at radius 3 is 2.45 bits per heavy atom. The molecule has 0 radical (unpaired) electrons. The van der Waals surface area contributed by atoms with Gasteiger partial charge in [0, 0.05) is 4.90 Å². The van der Waals surface area contributed by atoms with E-state index in [0.29, 0.717) is 0 Å². The molecule has 0 spiro atoms. The summed E-state index contributed by atoms with van der Waals surface area (Å²) in [6, 6.07) is 6.46. The Labute approximate surface area is 74.0 Å². The molecule has 0 unspecified atom stereocenters. The third-order valence-electron chi connectivity index (χ3n) is 1.93. The zero-order valence-corrected chi connectivity index (χ0v) is 7.99. The molecule has 0 amide bonds. The van der Waals surface area contributed by atoms with Gasteiger partial charge >= 0.3 is 0 Å². The molecule has 0 heterocycles. The van der Waals surface area contributed by atoms with Gasteiger partial charge in [0.05, 0.1) is 0 Å². The predicted octanol–water partition coefficient (Wildman–Crippen LogP) is 3.10. The number of hydrogen-bond donors (Lipinski definition) is 1. The van der Waals surface area contributed by atoms with Gasteiger partial charge in [0.1, 0.15) is 0 Å². The minimum Gasteiger partial charge on any atom is -0.143 e. The minimum absolute atomic E-state index is 1.08. The molecule has 1 rings (SSSR count). The molecular formula is C10H14S. The largest absolute Gasteiger partial charge is 0.143 e. The van der Waals surface area contributed by atoms with Crippen molar-refractivity contribution in [3.05, 3.63) is 29.3 Å². The van der Waals surface area contributed by atoms with Gasteiger partial charge in [0.15, 0.2) is 0 Å². The van der Waals surface area contributed by atoms with Crippen molar-refractivity contribution in [1.82, 2.24) is 0 Å². The van der Waals surface area contributed by atoms with Crippen LogP contribution in [0.5, 0.6) is 0 Å². The molecule has 1 aromatic rings. The Bertz CT molecular complexity index is 241. The fourth-order valence-corrected chi connectivity index (χ4v) is 1.44. The number of benzene rings is 1. The van der Waals surface area contributed by atoms with Gasteiger partial charge in [-0.3, -0.25) is 0 Å². The van der Waals surface area contributed by atoms with Crippen molar-refractivity contribution in [2.75, 3.05) is 0 Å². The van der Waals surface area contributed by atoms with Crippen LogP contribution in [0.15, 0.2) is 23.1 Å². The third kappa shape index (κ3) is 2.00. The van der Waals surface area contributed by atoms with Crippen LogP contribution in [-0.4, -0.2) is 0 Å². The maximum Gasteiger partial charge on any atom is 0.00721 e. The predicted molar refractivity (Wildman–Crippen MR) is 52.5 cm³/mol. The van der Waals surface area contributed by atoms with Gasteiger partial charge in [0.25, 0.3) is 0 Å². The van der Waals surface area contributed by atoms with E-state index in [9.17, 15) is 0 Å². The zero-order valence-electron chi connectivity index (χ0n) is 7.09. The van der Waals surface area contributed by atoms with E-state index < -0.39 is 0 Å². The molecule has 0 aliphatic heterocycles. The number of aryl methyl sites for hydroxylation is 2. The van der Waals surface area contributed by atoms with Crippen LogP contribution in [0.1, 0.15) is 25.0 Å². The molecule has 0 aromatic heterocycles. The zero-order chi connectivity index (χ0) is 8.27.